The second-order valence-electron chi connectivity index (χ2n) is 6.43. The van der Waals surface area contributed by atoms with Crippen LogP contribution in [0.15, 0.2) is 49.1 Å². The molecule has 0 unspecified atom stereocenters. The molecule has 0 amide bonds. The van der Waals surface area contributed by atoms with Gasteiger partial charge >= 0.3 is 0 Å². The molecule has 5 nitrogen and oxygen atoms in total. The maximum absolute atomic E-state index is 4.46. The van der Waals surface area contributed by atoms with Crippen molar-refractivity contribution in [2.24, 2.45) is 7.05 Å². The van der Waals surface area contributed by atoms with Crippen molar-refractivity contribution < 1.29 is 0 Å². The lowest BCUT2D eigenvalue weighted by atomic mass is 10.1. The highest BCUT2D eigenvalue weighted by molar-refractivity contribution is 5.62. The Hall–Kier alpha value is -2.53. The molecule has 1 aliphatic rings. The Morgan fingerprint density at radius 3 is 2.54 bits per heavy atom. The molecule has 2 aromatic heterocycles. The molecular weight excluding hydrogens is 298 g/mol. The molecule has 2 heterocycles. The monoisotopic (exact) mass is 319 g/mol. The zero-order valence-electron chi connectivity index (χ0n) is 13.8. The number of nitrogens with one attached hydrogen (secondary N) is 1. The third kappa shape index (κ3) is 3.51. The molecule has 4 rings (SSSR count). The topological polar surface area (TPSA) is 55.6 Å². The van der Waals surface area contributed by atoms with Crippen LogP contribution in [0.5, 0.6) is 0 Å². The third-order valence-electron chi connectivity index (χ3n) is 4.29. The molecule has 1 saturated carbocycles. The normalized spacial score (nSPS) is 14.0. The number of aromatic nitrogens is 4. The van der Waals surface area contributed by atoms with E-state index < -0.39 is 0 Å². The van der Waals surface area contributed by atoms with Crippen LogP contribution in [0.3, 0.4) is 0 Å². The molecule has 122 valence electrons. The average molecular weight is 319 g/mol. The minimum absolute atomic E-state index is 0.613. The van der Waals surface area contributed by atoms with E-state index in [9.17, 15) is 0 Å². The number of benzene rings is 1. The Morgan fingerprint density at radius 1 is 1.04 bits per heavy atom. The zero-order valence-corrected chi connectivity index (χ0v) is 13.8. The molecule has 3 aromatic rings. The maximum Gasteiger partial charge on any atom is 0.131 e. The minimum Gasteiger partial charge on any atom is -0.309 e. The summed E-state index contributed by atoms with van der Waals surface area (Å²) in [6.07, 6.45) is 10.3. The molecule has 0 saturated heterocycles. The number of nitrogens with zero attached hydrogens (tertiary/aromatic N) is 4. The quantitative estimate of drug-likeness (QED) is 0.759. The molecule has 1 N–H and O–H groups in total. The summed E-state index contributed by atoms with van der Waals surface area (Å²) in [5.41, 5.74) is 4.72. The summed E-state index contributed by atoms with van der Waals surface area (Å²) in [6.45, 7) is 1.60. The summed E-state index contributed by atoms with van der Waals surface area (Å²) in [7, 11) is 1.94. The maximum atomic E-state index is 4.46. The van der Waals surface area contributed by atoms with Crippen LogP contribution in [-0.2, 0) is 20.1 Å². The van der Waals surface area contributed by atoms with Gasteiger partial charge in [0.25, 0.3) is 0 Å². The highest BCUT2D eigenvalue weighted by atomic mass is 15.2. The number of hydrogen-bond donors (Lipinski definition) is 1. The number of hydrogen-bond acceptors (Lipinski definition) is 4. The summed E-state index contributed by atoms with van der Waals surface area (Å²) in [6, 6.07) is 8.55. The third-order valence-corrected chi connectivity index (χ3v) is 4.29. The van der Waals surface area contributed by atoms with Gasteiger partial charge in [-0.1, -0.05) is 18.2 Å². The van der Waals surface area contributed by atoms with Gasteiger partial charge in [-0.2, -0.15) is 5.10 Å². The van der Waals surface area contributed by atoms with E-state index in [0.717, 1.165) is 30.0 Å². The largest absolute Gasteiger partial charge is 0.309 e. The molecule has 24 heavy (non-hydrogen) atoms. The lowest BCUT2D eigenvalue weighted by molar-refractivity contribution is 0.686. The number of aryl methyl sites for hydroxylation is 1. The van der Waals surface area contributed by atoms with Crippen LogP contribution in [0.1, 0.15) is 35.7 Å². The molecule has 0 bridgehead atoms. The van der Waals surface area contributed by atoms with Crippen molar-refractivity contribution in [3.8, 4) is 11.1 Å². The molecule has 0 radical (unpaired) electrons. The minimum atomic E-state index is 0.613. The second kappa shape index (κ2) is 6.53. The van der Waals surface area contributed by atoms with Gasteiger partial charge in [0.1, 0.15) is 5.82 Å². The zero-order chi connectivity index (χ0) is 16.4. The van der Waals surface area contributed by atoms with Gasteiger partial charge < -0.3 is 5.32 Å². The van der Waals surface area contributed by atoms with E-state index in [0.29, 0.717) is 5.92 Å². The molecule has 5 heteroatoms. The van der Waals surface area contributed by atoms with E-state index >= 15 is 0 Å². The summed E-state index contributed by atoms with van der Waals surface area (Å²) >= 11 is 0. The lowest BCUT2D eigenvalue weighted by Gasteiger charge is -2.07. The summed E-state index contributed by atoms with van der Waals surface area (Å²) in [4.78, 5) is 8.92. The highest BCUT2D eigenvalue weighted by Crippen LogP contribution is 2.37. The summed E-state index contributed by atoms with van der Waals surface area (Å²) in [5.74, 6) is 1.62. The smallest absolute Gasteiger partial charge is 0.131 e. The standard InChI is InChI=1S/C19H21N5/c1-24-13-18(12-23-24)17-4-2-3-14(7-17)8-20-9-15-10-21-19(22-11-15)16-5-6-16/h2-4,7,10-13,16,20H,5-6,8-9H2,1H3. The molecule has 1 aromatic carbocycles. The molecule has 1 aliphatic carbocycles. The van der Waals surface area contributed by atoms with Gasteiger partial charge in [0.15, 0.2) is 0 Å². The van der Waals surface area contributed by atoms with Gasteiger partial charge in [-0.25, -0.2) is 9.97 Å². The van der Waals surface area contributed by atoms with E-state index in [1.165, 1.54) is 24.0 Å². The fourth-order valence-corrected chi connectivity index (χ4v) is 2.79. The van der Waals surface area contributed by atoms with Crippen LogP contribution >= 0.6 is 0 Å². The van der Waals surface area contributed by atoms with Crippen molar-refractivity contribution in [3.63, 3.8) is 0 Å². The first-order valence-corrected chi connectivity index (χ1v) is 8.37. The van der Waals surface area contributed by atoms with Gasteiger partial charge in [-0.15, -0.1) is 0 Å². The van der Waals surface area contributed by atoms with E-state index in [4.69, 9.17) is 0 Å². The highest BCUT2D eigenvalue weighted by Gasteiger charge is 2.25. The van der Waals surface area contributed by atoms with Gasteiger partial charge in [-0.05, 0) is 30.0 Å². The van der Waals surface area contributed by atoms with Crippen LogP contribution in [0, 0.1) is 0 Å². The predicted octanol–water partition coefficient (Wildman–Crippen LogP) is 3.04. The van der Waals surface area contributed by atoms with Crippen molar-refractivity contribution in [2.75, 3.05) is 0 Å². The Kier molecular flexibility index (Phi) is 4.09. The fraction of sp³-hybridized carbons (Fsp3) is 0.316. The Morgan fingerprint density at radius 2 is 1.83 bits per heavy atom. The van der Waals surface area contributed by atoms with Crippen molar-refractivity contribution in [2.45, 2.75) is 31.8 Å². The summed E-state index contributed by atoms with van der Waals surface area (Å²) in [5, 5.41) is 7.70. The lowest BCUT2D eigenvalue weighted by Crippen LogP contribution is -2.13. The first-order valence-electron chi connectivity index (χ1n) is 8.37. The van der Waals surface area contributed by atoms with Crippen LogP contribution in [-0.4, -0.2) is 19.7 Å². The summed E-state index contributed by atoms with van der Waals surface area (Å²) < 4.78 is 1.82. The van der Waals surface area contributed by atoms with Crippen LogP contribution in [0.4, 0.5) is 0 Å². The van der Waals surface area contributed by atoms with E-state index in [1.54, 1.807) is 0 Å². The molecule has 0 atom stereocenters. The molecule has 0 spiro atoms. The Balaban J connectivity index is 1.35. The van der Waals surface area contributed by atoms with Crippen molar-refractivity contribution in [3.05, 3.63) is 66.0 Å². The first-order chi connectivity index (χ1) is 11.8. The first kappa shape index (κ1) is 15.0. The van der Waals surface area contributed by atoms with E-state index in [2.05, 4.69) is 44.6 Å². The predicted molar refractivity (Wildman–Crippen MR) is 93.2 cm³/mol. The van der Waals surface area contributed by atoms with Crippen LogP contribution < -0.4 is 5.32 Å². The van der Waals surface area contributed by atoms with Crippen molar-refractivity contribution >= 4 is 0 Å². The SMILES string of the molecule is Cn1cc(-c2cccc(CNCc3cnc(C4CC4)nc3)c2)cn1. The number of rotatable bonds is 6. The van der Waals surface area contributed by atoms with Gasteiger partial charge in [0, 0.05) is 55.8 Å². The van der Waals surface area contributed by atoms with E-state index in [1.807, 2.05) is 36.5 Å². The molecule has 1 fully saturated rings. The van der Waals surface area contributed by atoms with Crippen molar-refractivity contribution in [1.29, 1.82) is 0 Å². The fourth-order valence-electron chi connectivity index (χ4n) is 2.79. The van der Waals surface area contributed by atoms with E-state index in [-0.39, 0.29) is 0 Å². The average Bonchev–Trinajstić information content (AvgIpc) is 3.37. The van der Waals surface area contributed by atoms with Crippen LogP contribution in [0.2, 0.25) is 0 Å². The van der Waals surface area contributed by atoms with Crippen LogP contribution in [0.25, 0.3) is 11.1 Å². The Labute approximate surface area is 141 Å². The van der Waals surface area contributed by atoms with Gasteiger partial charge in [-0.3, -0.25) is 4.68 Å². The van der Waals surface area contributed by atoms with Gasteiger partial charge in [0.2, 0.25) is 0 Å². The Bertz CT molecular complexity index is 818. The second-order valence-corrected chi connectivity index (χ2v) is 6.43. The van der Waals surface area contributed by atoms with Gasteiger partial charge in [0.05, 0.1) is 6.20 Å². The molecule has 0 aliphatic heterocycles. The molecular formula is C19H21N5. The van der Waals surface area contributed by atoms with Crippen molar-refractivity contribution in [1.82, 2.24) is 25.1 Å².